The lowest BCUT2D eigenvalue weighted by Crippen LogP contribution is -2.29. The molecule has 1 heterocycles. The van der Waals surface area contributed by atoms with E-state index in [1.54, 1.807) is 6.07 Å². The molecule has 1 aliphatic heterocycles. The largest absolute Gasteiger partial charge is 0.479 e. The quantitative estimate of drug-likeness (QED) is 0.742. The zero-order valence-corrected chi connectivity index (χ0v) is 8.10. The molecule has 0 aliphatic carbocycles. The van der Waals surface area contributed by atoms with Crippen LogP contribution in [0, 0.1) is 0 Å². The molecule has 0 fully saturated rings. The van der Waals surface area contributed by atoms with E-state index in [-0.39, 0.29) is 5.56 Å². The Balaban J connectivity index is 2.53. The highest BCUT2D eigenvalue weighted by molar-refractivity contribution is 6.31. The fourth-order valence-electron chi connectivity index (χ4n) is 1.27. The minimum Gasteiger partial charge on any atom is -0.479 e. The van der Waals surface area contributed by atoms with Crippen molar-refractivity contribution in [2.45, 2.75) is 6.04 Å². The molecule has 0 saturated carbocycles. The number of carbonyl (C=O) groups excluding carboxylic acids is 1. The molecule has 76 valence electrons. The number of Topliss-reactive ketones (excluding diaryl/α,β-unsaturated/α-hetero) is 1. The Kier molecular flexibility index (Phi) is 2.24. The fourth-order valence-corrected chi connectivity index (χ4v) is 1.45. The van der Waals surface area contributed by atoms with Crippen LogP contribution in [0.3, 0.4) is 0 Å². The van der Waals surface area contributed by atoms with E-state index in [1.165, 1.54) is 12.1 Å². The summed E-state index contributed by atoms with van der Waals surface area (Å²) in [7, 11) is 0. The van der Waals surface area contributed by atoms with E-state index in [9.17, 15) is 9.59 Å². The average Bonchev–Trinajstić information content (AvgIpc) is 2.19. The van der Waals surface area contributed by atoms with E-state index >= 15 is 0 Å². The Labute approximate surface area is 89.4 Å². The van der Waals surface area contributed by atoms with Gasteiger partial charge in [-0.05, 0) is 18.2 Å². The number of rotatable bonds is 1. The molecular formula is C9H5ClN2O3. The summed E-state index contributed by atoms with van der Waals surface area (Å²) < 4.78 is 0. The van der Waals surface area contributed by atoms with Gasteiger partial charge in [0.25, 0.3) is 0 Å². The first-order chi connectivity index (χ1) is 7.09. The van der Waals surface area contributed by atoms with Gasteiger partial charge in [-0.2, -0.15) is 10.2 Å². The second-order valence-electron chi connectivity index (χ2n) is 2.98. The van der Waals surface area contributed by atoms with Crippen molar-refractivity contribution >= 4 is 29.0 Å². The first-order valence-corrected chi connectivity index (χ1v) is 4.45. The molecule has 1 aromatic carbocycles. The zero-order valence-electron chi connectivity index (χ0n) is 7.35. The van der Waals surface area contributed by atoms with E-state index in [2.05, 4.69) is 10.2 Å². The molecular weight excluding hydrogens is 220 g/mol. The number of carboxylic acid groups (broad SMARTS) is 1. The minimum absolute atomic E-state index is 0.199. The normalized spacial score (nSPS) is 18.7. The second-order valence-corrected chi connectivity index (χ2v) is 3.42. The maximum absolute atomic E-state index is 11.6. The summed E-state index contributed by atoms with van der Waals surface area (Å²) >= 11 is 5.70. The lowest BCUT2D eigenvalue weighted by atomic mass is 10.0. The highest BCUT2D eigenvalue weighted by Crippen LogP contribution is 2.29. The number of benzene rings is 1. The minimum atomic E-state index is -1.45. The number of aliphatic carboxylic acids is 1. The number of carboxylic acids is 1. The van der Waals surface area contributed by atoms with Crippen molar-refractivity contribution in [1.82, 2.24) is 0 Å². The van der Waals surface area contributed by atoms with Crippen LogP contribution in [0.2, 0.25) is 5.02 Å². The highest BCUT2D eigenvalue weighted by Gasteiger charge is 2.32. The number of carbonyl (C=O) groups is 2. The second kappa shape index (κ2) is 3.43. The van der Waals surface area contributed by atoms with Crippen molar-refractivity contribution in [2.24, 2.45) is 10.2 Å². The molecule has 1 aromatic rings. The monoisotopic (exact) mass is 224 g/mol. The molecule has 0 aromatic heterocycles. The molecule has 0 amide bonds. The number of fused-ring (bicyclic) bond motifs is 1. The van der Waals surface area contributed by atoms with Crippen LogP contribution in [0.5, 0.6) is 0 Å². The lowest BCUT2D eigenvalue weighted by Gasteiger charge is -2.12. The topological polar surface area (TPSA) is 79.1 Å². The summed E-state index contributed by atoms with van der Waals surface area (Å²) in [5.74, 6) is -1.90. The smallest absolute Gasteiger partial charge is 0.338 e. The van der Waals surface area contributed by atoms with Gasteiger partial charge in [0.1, 0.15) is 0 Å². The summed E-state index contributed by atoms with van der Waals surface area (Å²) in [6.45, 7) is 0. The molecule has 0 radical (unpaired) electrons. The Morgan fingerprint density at radius 2 is 2.20 bits per heavy atom. The molecule has 5 nitrogen and oxygen atoms in total. The summed E-state index contributed by atoms with van der Waals surface area (Å²) in [4.78, 5) is 22.3. The van der Waals surface area contributed by atoms with Crippen molar-refractivity contribution in [3.8, 4) is 0 Å². The Bertz CT molecular complexity index is 484. The van der Waals surface area contributed by atoms with Crippen molar-refractivity contribution in [3.63, 3.8) is 0 Å². The Hall–Kier alpha value is -1.75. The molecule has 0 bridgehead atoms. The zero-order chi connectivity index (χ0) is 11.0. The molecule has 1 atom stereocenters. The van der Waals surface area contributed by atoms with Crippen molar-refractivity contribution in [2.75, 3.05) is 0 Å². The Morgan fingerprint density at radius 1 is 1.47 bits per heavy atom. The van der Waals surface area contributed by atoms with Crippen molar-refractivity contribution in [1.29, 1.82) is 0 Å². The molecule has 2 rings (SSSR count). The molecule has 15 heavy (non-hydrogen) atoms. The predicted molar refractivity (Wildman–Crippen MR) is 51.7 cm³/mol. The Morgan fingerprint density at radius 3 is 2.87 bits per heavy atom. The predicted octanol–water partition coefficient (Wildman–Crippen LogP) is 2.07. The number of halogens is 1. The summed E-state index contributed by atoms with van der Waals surface area (Å²) in [5.41, 5.74) is 0.548. The van der Waals surface area contributed by atoms with Crippen LogP contribution in [-0.2, 0) is 4.79 Å². The van der Waals surface area contributed by atoms with Crippen LogP contribution in [-0.4, -0.2) is 22.9 Å². The molecule has 1 aliphatic rings. The number of hydrogen-bond acceptors (Lipinski definition) is 4. The number of nitrogens with zero attached hydrogens (tertiary/aromatic N) is 2. The number of hydrogen-bond donors (Lipinski definition) is 1. The van der Waals surface area contributed by atoms with Gasteiger partial charge in [-0.25, -0.2) is 4.79 Å². The van der Waals surface area contributed by atoms with Crippen LogP contribution in [0.25, 0.3) is 0 Å². The average molecular weight is 225 g/mol. The molecule has 1 N–H and O–H groups in total. The van der Waals surface area contributed by atoms with Crippen LogP contribution in [0.1, 0.15) is 10.4 Å². The summed E-state index contributed by atoms with van der Waals surface area (Å²) in [6.07, 6.45) is 0. The van der Waals surface area contributed by atoms with Crippen LogP contribution in [0.4, 0.5) is 5.69 Å². The third-order valence-corrected chi connectivity index (χ3v) is 2.22. The molecule has 0 saturated heterocycles. The first-order valence-electron chi connectivity index (χ1n) is 4.07. The number of azo groups is 1. The third-order valence-electron chi connectivity index (χ3n) is 1.99. The van der Waals surface area contributed by atoms with Gasteiger partial charge in [0.2, 0.25) is 11.8 Å². The lowest BCUT2D eigenvalue weighted by molar-refractivity contribution is -0.137. The maximum Gasteiger partial charge on any atom is 0.338 e. The van der Waals surface area contributed by atoms with Gasteiger partial charge in [0.15, 0.2) is 0 Å². The van der Waals surface area contributed by atoms with E-state index < -0.39 is 17.8 Å². The van der Waals surface area contributed by atoms with E-state index in [4.69, 9.17) is 16.7 Å². The van der Waals surface area contributed by atoms with Crippen molar-refractivity contribution in [3.05, 3.63) is 28.8 Å². The van der Waals surface area contributed by atoms with Gasteiger partial charge in [0.05, 0.1) is 5.69 Å². The van der Waals surface area contributed by atoms with Gasteiger partial charge in [-0.1, -0.05) is 11.6 Å². The van der Waals surface area contributed by atoms with E-state index in [0.717, 1.165) is 0 Å². The molecule has 1 unspecified atom stereocenters. The van der Waals surface area contributed by atoms with Crippen LogP contribution in [0.15, 0.2) is 28.4 Å². The summed E-state index contributed by atoms with van der Waals surface area (Å²) in [5, 5.41) is 16.1. The van der Waals surface area contributed by atoms with Crippen LogP contribution >= 0.6 is 11.6 Å². The first kappa shape index (κ1) is 9.79. The van der Waals surface area contributed by atoms with Gasteiger partial charge >= 0.3 is 5.97 Å². The van der Waals surface area contributed by atoms with E-state index in [0.29, 0.717) is 10.7 Å². The number of ketones is 1. The molecule has 6 heteroatoms. The standard InChI is InChI=1S/C9H5ClN2O3/c10-4-1-2-6-5(3-4)8(13)7(9(14)15)12-11-6/h1-3,7H,(H,14,15). The third kappa shape index (κ3) is 1.61. The van der Waals surface area contributed by atoms with Crippen LogP contribution < -0.4 is 0 Å². The van der Waals surface area contributed by atoms with Gasteiger partial charge in [-0.15, -0.1) is 0 Å². The van der Waals surface area contributed by atoms with Crippen molar-refractivity contribution < 1.29 is 14.7 Å². The fraction of sp³-hybridized carbons (Fsp3) is 0.111. The van der Waals surface area contributed by atoms with Gasteiger partial charge < -0.3 is 5.11 Å². The van der Waals surface area contributed by atoms with Gasteiger partial charge in [-0.3, -0.25) is 4.79 Å². The summed E-state index contributed by atoms with van der Waals surface area (Å²) in [6, 6.07) is 3.04. The molecule has 0 spiro atoms. The van der Waals surface area contributed by atoms with E-state index in [1.807, 2.05) is 0 Å². The SMILES string of the molecule is O=C(O)C1N=Nc2ccc(Cl)cc2C1=O. The highest BCUT2D eigenvalue weighted by atomic mass is 35.5. The maximum atomic E-state index is 11.6. The van der Waals surface area contributed by atoms with Gasteiger partial charge in [0, 0.05) is 10.6 Å².